The second-order valence-corrected chi connectivity index (χ2v) is 5.21. The second kappa shape index (κ2) is 9.36. The molecule has 116 valence electrons. The molecule has 0 heterocycles. The average molecular weight is 360 g/mol. The molecule has 0 saturated heterocycles. The van der Waals surface area contributed by atoms with Gasteiger partial charge in [0.15, 0.2) is 0 Å². The van der Waals surface area contributed by atoms with Crippen LogP contribution in [0.5, 0.6) is 5.75 Å². The van der Waals surface area contributed by atoms with Crippen LogP contribution in [0.25, 0.3) is 0 Å². The predicted octanol–water partition coefficient (Wildman–Crippen LogP) is 1.82. The highest BCUT2D eigenvalue weighted by molar-refractivity contribution is 9.10. The van der Waals surface area contributed by atoms with Crippen LogP contribution in [0.15, 0.2) is 28.7 Å². The SMILES string of the molecule is COCCC(NC(=O)CCOc1ccc(Br)cc1)C(=O)O. The van der Waals surface area contributed by atoms with Crippen LogP contribution in [-0.2, 0) is 14.3 Å². The van der Waals surface area contributed by atoms with Crippen molar-refractivity contribution in [1.82, 2.24) is 5.32 Å². The first-order chi connectivity index (χ1) is 10.0. The monoisotopic (exact) mass is 359 g/mol. The summed E-state index contributed by atoms with van der Waals surface area (Å²) in [4.78, 5) is 22.6. The van der Waals surface area contributed by atoms with Gasteiger partial charge in [0.1, 0.15) is 11.8 Å². The lowest BCUT2D eigenvalue weighted by atomic mass is 10.2. The van der Waals surface area contributed by atoms with Crippen LogP contribution >= 0.6 is 15.9 Å². The standard InChI is InChI=1S/C14H18BrNO5/c1-20-8-6-12(14(18)19)16-13(17)7-9-21-11-4-2-10(15)3-5-11/h2-5,12H,6-9H2,1H3,(H,16,17)(H,18,19). The highest BCUT2D eigenvalue weighted by Crippen LogP contribution is 2.16. The zero-order chi connectivity index (χ0) is 15.7. The lowest BCUT2D eigenvalue weighted by molar-refractivity contribution is -0.142. The first-order valence-corrected chi connectivity index (χ1v) is 7.21. The number of ether oxygens (including phenoxy) is 2. The van der Waals surface area contributed by atoms with E-state index in [-0.39, 0.29) is 32.0 Å². The Labute approximate surface area is 131 Å². The second-order valence-electron chi connectivity index (χ2n) is 4.29. The molecule has 0 radical (unpaired) electrons. The highest BCUT2D eigenvalue weighted by atomic mass is 79.9. The minimum Gasteiger partial charge on any atom is -0.493 e. The average Bonchev–Trinajstić information content (AvgIpc) is 2.45. The number of carbonyl (C=O) groups is 2. The normalized spacial score (nSPS) is 11.7. The number of amides is 1. The van der Waals surface area contributed by atoms with Gasteiger partial charge in [0, 0.05) is 24.6 Å². The van der Waals surface area contributed by atoms with Gasteiger partial charge in [0.25, 0.3) is 0 Å². The summed E-state index contributed by atoms with van der Waals surface area (Å²) in [6.07, 6.45) is 0.317. The number of methoxy groups -OCH3 is 1. The van der Waals surface area contributed by atoms with Crippen molar-refractivity contribution in [3.05, 3.63) is 28.7 Å². The Bertz CT molecular complexity index is 463. The van der Waals surface area contributed by atoms with Crippen molar-refractivity contribution in [2.75, 3.05) is 20.3 Å². The molecule has 7 heteroatoms. The minimum atomic E-state index is -1.07. The number of rotatable bonds is 9. The molecule has 0 fully saturated rings. The Hall–Kier alpha value is -1.60. The Balaban J connectivity index is 2.32. The highest BCUT2D eigenvalue weighted by Gasteiger charge is 2.19. The fourth-order valence-electron chi connectivity index (χ4n) is 1.55. The summed E-state index contributed by atoms with van der Waals surface area (Å²) in [5.41, 5.74) is 0. The third-order valence-corrected chi connectivity index (χ3v) is 3.18. The van der Waals surface area contributed by atoms with E-state index >= 15 is 0 Å². The fraction of sp³-hybridized carbons (Fsp3) is 0.429. The van der Waals surface area contributed by atoms with E-state index in [0.29, 0.717) is 5.75 Å². The Morgan fingerprint density at radius 1 is 1.29 bits per heavy atom. The number of benzene rings is 1. The van der Waals surface area contributed by atoms with E-state index in [2.05, 4.69) is 21.2 Å². The largest absolute Gasteiger partial charge is 0.493 e. The van der Waals surface area contributed by atoms with Gasteiger partial charge < -0.3 is 19.9 Å². The molecule has 6 nitrogen and oxygen atoms in total. The van der Waals surface area contributed by atoms with E-state index in [4.69, 9.17) is 14.6 Å². The molecule has 0 aliphatic carbocycles. The predicted molar refractivity (Wildman–Crippen MR) is 80.3 cm³/mol. The van der Waals surface area contributed by atoms with Crippen LogP contribution in [-0.4, -0.2) is 43.3 Å². The molecule has 0 saturated carbocycles. The number of nitrogens with one attached hydrogen (secondary N) is 1. The first-order valence-electron chi connectivity index (χ1n) is 6.42. The van der Waals surface area contributed by atoms with Crippen molar-refractivity contribution in [1.29, 1.82) is 0 Å². The van der Waals surface area contributed by atoms with Gasteiger partial charge in [-0.25, -0.2) is 4.79 Å². The summed E-state index contributed by atoms with van der Waals surface area (Å²) < 4.78 is 11.2. The van der Waals surface area contributed by atoms with Crippen LogP contribution in [0.3, 0.4) is 0 Å². The van der Waals surface area contributed by atoms with Crippen molar-refractivity contribution >= 4 is 27.8 Å². The van der Waals surface area contributed by atoms with Crippen LogP contribution in [0, 0.1) is 0 Å². The number of aliphatic carboxylic acids is 1. The quantitative estimate of drug-likeness (QED) is 0.702. The number of carbonyl (C=O) groups excluding carboxylic acids is 1. The third kappa shape index (κ3) is 7.10. The molecular formula is C14H18BrNO5. The van der Waals surface area contributed by atoms with E-state index < -0.39 is 12.0 Å². The molecule has 1 unspecified atom stereocenters. The van der Waals surface area contributed by atoms with E-state index in [1.54, 1.807) is 12.1 Å². The smallest absolute Gasteiger partial charge is 0.326 e. The van der Waals surface area contributed by atoms with Gasteiger partial charge in [-0.15, -0.1) is 0 Å². The van der Waals surface area contributed by atoms with Gasteiger partial charge in [-0.2, -0.15) is 0 Å². The molecule has 0 aliphatic heterocycles. The number of hydrogen-bond donors (Lipinski definition) is 2. The molecule has 0 aromatic heterocycles. The number of halogens is 1. The first kappa shape index (κ1) is 17.5. The van der Waals surface area contributed by atoms with Gasteiger partial charge in [-0.3, -0.25) is 4.79 Å². The molecule has 1 atom stereocenters. The summed E-state index contributed by atoms with van der Waals surface area (Å²) in [5.74, 6) is -0.787. The molecule has 1 rings (SSSR count). The molecule has 0 bridgehead atoms. The van der Waals surface area contributed by atoms with Crippen LogP contribution in [0.1, 0.15) is 12.8 Å². The molecule has 0 spiro atoms. The molecule has 1 aromatic carbocycles. The van der Waals surface area contributed by atoms with E-state index in [1.165, 1.54) is 7.11 Å². The summed E-state index contributed by atoms with van der Waals surface area (Å²) in [5, 5.41) is 11.4. The van der Waals surface area contributed by atoms with Crippen molar-refractivity contribution < 1.29 is 24.2 Å². The Morgan fingerprint density at radius 2 is 1.95 bits per heavy atom. The number of carboxylic acid groups (broad SMARTS) is 1. The Kier molecular flexibility index (Phi) is 7.78. The maximum Gasteiger partial charge on any atom is 0.326 e. The summed E-state index contributed by atoms with van der Waals surface area (Å²) in [6.45, 7) is 0.455. The molecule has 21 heavy (non-hydrogen) atoms. The minimum absolute atomic E-state index is 0.0901. The van der Waals surface area contributed by atoms with Crippen LogP contribution in [0.4, 0.5) is 0 Å². The number of carboxylic acids is 1. The van der Waals surface area contributed by atoms with Gasteiger partial charge in [-0.1, -0.05) is 15.9 Å². The van der Waals surface area contributed by atoms with Gasteiger partial charge in [0.05, 0.1) is 13.0 Å². The van der Waals surface area contributed by atoms with Gasteiger partial charge in [0.2, 0.25) is 5.91 Å². The van der Waals surface area contributed by atoms with Crippen LogP contribution in [0.2, 0.25) is 0 Å². The molecule has 1 aromatic rings. The topological polar surface area (TPSA) is 84.9 Å². The van der Waals surface area contributed by atoms with Crippen molar-refractivity contribution in [3.63, 3.8) is 0 Å². The van der Waals surface area contributed by atoms with Crippen molar-refractivity contribution in [2.24, 2.45) is 0 Å². The fourth-order valence-corrected chi connectivity index (χ4v) is 1.82. The zero-order valence-corrected chi connectivity index (χ0v) is 13.3. The molecular weight excluding hydrogens is 342 g/mol. The van der Waals surface area contributed by atoms with Gasteiger partial charge in [-0.05, 0) is 24.3 Å². The maximum absolute atomic E-state index is 11.7. The third-order valence-electron chi connectivity index (χ3n) is 2.66. The molecule has 2 N–H and O–H groups in total. The van der Waals surface area contributed by atoms with Crippen molar-refractivity contribution in [2.45, 2.75) is 18.9 Å². The zero-order valence-electron chi connectivity index (χ0n) is 11.7. The molecule has 0 aliphatic rings. The summed E-state index contributed by atoms with van der Waals surface area (Å²) in [7, 11) is 1.48. The number of hydrogen-bond acceptors (Lipinski definition) is 4. The lowest BCUT2D eigenvalue weighted by Gasteiger charge is -2.14. The van der Waals surface area contributed by atoms with Crippen molar-refractivity contribution in [3.8, 4) is 5.75 Å². The molecule has 1 amide bonds. The van der Waals surface area contributed by atoms with Crippen LogP contribution < -0.4 is 10.1 Å². The maximum atomic E-state index is 11.7. The van der Waals surface area contributed by atoms with E-state index in [0.717, 1.165) is 4.47 Å². The van der Waals surface area contributed by atoms with E-state index in [9.17, 15) is 9.59 Å². The summed E-state index contributed by atoms with van der Waals surface area (Å²) >= 11 is 3.31. The van der Waals surface area contributed by atoms with Gasteiger partial charge >= 0.3 is 5.97 Å². The summed E-state index contributed by atoms with van der Waals surface area (Å²) in [6, 6.07) is 6.28. The lowest BCUT2D eigenvalue weighted by Crippen LogP contribution is -2.41. The van der Waals surface area contributed by atoms with E-state index in [1.807, 2.05) is 12.1 Å². The Morgan fingerprint density at radius 3 is 2.52 bits per heavy atom.